The first-order valence-corrected chi connectivity index (χ1v) is 5.79. The van der Waals surface area contributed by atoms with Gasteiger partial charge in [0.2, 0.25) is 0 Å². The average molecular weight is 234 g/mol. The van der Waals surface area contributed by atoms with Gasteiger partial charge in [-0.3, -0.25) is 0 Å². The van der Waals surface area contributed by atoms with Crippen molar-refractivity contribution in [2.75, 3.05) is 18.8 Å². The number of hydrogen-bond acceptors (Lipinski definition) is 3. The molecule has 0 saturated carbocycles. The minimum Gasteiger partial charge on any atom is -0.412 e. The summed E-state index contributed by atoms with van der Waals surface area (Å²) in [6.07, 6.45) is 2.37. The van der Waals surface area contributed by atoms with Gasteiger partial charge in [-0.05, 0) is 43.5 Å². The van der Waals surface area contributed by atoms with E-state index in [-0.39, 0.29) is 5.48 Å². The van der Waals surface area contributed by atoms with E-state index in [4.69, 9.17) is 5.73 Å². The molecule has 92 valence electrons. The van der Waals surface area contributed by atoms with Gasteiger partial charge in [0.15, 0.2) is 5.95 Å². The number of rotatable bonds is 1. The van der Waals surface area contributed by atoms with Gasteiger partial charge in [-0.15, -0.1) is 0 Å². The van der Waals surface area contributed by atoms with E-state index in [2.05, 4.69) is 27.4 Å². The monoisotopic (exact) mass is 234 g/mol. The maximum absolute atomic E-state index is 5.71. The molecule has 1 aliphatic heterocycles. The fraction of sp³-hybridized carbons (Fsp3) is 0.417. The Morgan fingerprint density at radius 1 is 1.24 bits per heavy atom. The number of nitrogens with two attached hydrogens (primary N) is 1. The van der Waals surface area contributed by atoms with Crippen LogP contribution < -0.4 is 11.1 Å². The minimum atomic E-state index is 0. The average Bonchev–Trinajstić information content (AvgIpc) is 2.70. The fourth-order valence-electron chi connectivity index (χ4n) is 2.54. The largest absolute Gasteiger partial charge is 0.412 e. The van der Waals surface area contributed by atoms with Crippen LogP contribution in [0.15, 0.2) is 18.2 Å². The maximum atomic E-state index is 5.71. The number of para-hydroxylation sites is 1. The van der Waals surface area contributed by atoms with E-state index >= 15 is 0 Å². The van der Waals surface area contributed by atoms with Gasteiger partial charge in [0.1, 0.15) is 0 Å². The van der Waals surface area contributed by atoms with Crippen molar-refractivity contribution in [1.29, 1.82) is 0 Å². The van der Waals surface area contributed by atoms with Crippen molar-refractivity contribution in [2.45, 2.75) is 18.8 Å². The lowest BCUT2D eigenvalue weighted by molar-refractivity contribution is 0.462. The number of benzene rings is 1. The van der Waals surface area contributed by atoms with E-state index in [9.17, 15) is 0 Å². The van der Waals surface area contributed by atoms with Gasteiger partial charge in [0.05, 0.1) is 11.0 Å². The van der Waals surface area contributed by atoms with Crippen LogP contribution in [0.25, 0.3) is 11.0 Å². The van der Waals surface area contributed by atoms with Crippen molar-refractivity contribution in [3.05, 3.63) is 23.8 Å². The van der Waals surface area contributed by atoms with Crippen molar-refractivity contribution in [2.24, 2.45) is 0 Å². The van der Waals surface area contributed by atoms with E-state index in [0.717, 1.165) is 24.1 Å². The van der Waals surface area contributed by atoms with Gasteiger partial charge in [-0.2, -0.15) is 0 Å². The van der Waals surface area contributed by atoms with Crippen LogP contribution in [-0.2, 0) is 0 Å². The van der Waals surface area contributed by atoms with E-state index in [1.165, 1.54) is 18.4 Å². The van der Waals surface area contributed by atoms with Gasteiger partial charge in [0, 0.05) is 0 Å². The zero-order chi connectivity index (χ0) is 11.0. The molecular weight excluding hydrogens is 216 g/mol. The molecule has 0 aliphatic carbocycles. The number of nitrogens with one attached hydrogen (secondary N) is 2. The van der Waals surface area contributed by atoms with Gasteiger partial charge in [-0.1, -0.05) is 12.1 Å². The first-order valence-electron chi connectivity index (χ1n) is 5.79. The van der Waals surface area contributed by atoms with Crippen LogP contribution in [0.2, 0.25) is 0 Å². The third kappa shape index (κ3) is 2.11. The molecule has 0 bridgehead atoms. The van der Waals surface area contributed by atoms with Gasteiger partial charge >= 0.3 is 0 Å². The lowest BCUT2D eigenvalue weighted by atomic mass is 9.89. The second kappa shape index (κ2) is 4.73. The van der Waals surface area contributed by atoms with Crippen molar-refractivity contribution in [1.82, 2.24) is 15.3 Å². The molecule has 0 atom stereocenters. The second-order valence-corrected chi connectivity index (χ2v) is 4.39. The molecule has 17 heavy (non-hydrogen) atoms. The summed E-state index contributed by atoms with van der Waals surface area (Å²) in [7, 11) is 0. The molecule has 5 heteroatoms. The van der Waals surface area contributed by atoms with Gasteiger partial charge in [-0.25, -0.2) is 4.98 Å². The Labute approximate surface area is 99.7 Å². The first kappa shape index (κ1) is 11.9. The molecule has 1 aromatic carbocycles. The lowest BCUT2D eigenvalue weighted by Crippen LogP contribution is -2.26. The Hall–Kier alpha value is -1.59. The molecule has 2 heterocycles. The Balaban J connectivity index is 0.00000108. The molecule has 0 amide bonds. The molecule has 5 nitrogen and oxygen atoms in total. The number of fused-ring (bicyclic) bond motifs is 1. The highest BCUT2D eigenvalue weighted by atomic mass is 16.0. The number of aromatic nitrogens is 2. The summed E-state index contributed by atoms with van der Waals surface area (Å²) in [6, 6.07) is 6.29. The van der Waals surface area contributed by atoms with Gasteiger partial charge in [0.25, 0.3) is 0 Å². The summed E-state index contributed by atoms with van der Waals surface area (Å²) in [6.45, 7) is 2.20. The Kier molecular flexibility index (Phi) is 3.31. The third-order valence-electron chi connectivity index (χ3n) is 3.34. The quantitative estimate of drug-likeness (QED) is 0.680. The minimum absolute atomic E-state index is 0. The highest BCUT2D eigenvalue weighted by molar-refractivity contribution is 5.81. The first-order chi connectivity index (χ1) is 7.84. The standard InChI is InChI=1S/C12H16N4.H2O/c13-12-15-10-3-1-2-9(11(10)16-12)8-4-6-14-7-5-8;/h1-3,8,14H,4-7H2,(H3,13,15,16);1H2. The Morgan fingerprint density at radius 3 is 2.76 bits per heavy atom. The molecule has 1 fully saturated rings. The molecule has 2 aromatic rings. The molecule has 0 radical (unpaired) electrons. The molecule has 6 N–H and O–H groups in total. The number of anilines is 1. The fourth-order valence-corrected chi connectivity index (χ4v) is 2.54. The van der Waals surface area contributed by atoms with Crippen molar-refractivity contribution in [3.63, 3.8) is 0 Å². The zero-order valence-corrected chi connectivity index (χ0v) is 9.66. The molecule has 1 aliphatic rings. The predicted molar refractivity (Wildman–Crippen MR) is 69.0 cm³/mol. The highest BCUT2D eigenvalue weighted by Crippen LogP contribution is 2.30. The van der Waals surface area contributed by atoms with Crippen molar-refractivity contribution in [3.8, 4) is 0 Å². The number of nitrogens with zero attached hydrogens (tertiary/aromatic N) is 1. The van der Waals surface area contributed by atoms with Crippen LogP contribution in [0.4, 0.5) is 5.95 Å². The lowest BCUT2D eigenvalue weighted by Gasteiger charge is -2.23. The number of imidazole rings is 1. The van der Waals surface area contributed by atoms with Crippen LogP contribution in [-0.4, -0.2) is 28.5 Å². The topological polar surface area (TPSA) is 98.2 Å². The van der Waals surface area contributed by atoms with Crippen LogP contribution in [0.5, 0.6) is 0 Å². The number of aromatic amines is 1. The summed E-state index contributed by atoms with van der Waals surface area (Å²) >= 11 is 0. The summed E-state index contributed by atoms with van der Waals surface area (Å²) in [5.41, 5.74) is 9.15. The number of nitrogen functional groups attached to an aromatic ring is 1. The van der Waals surface area contributed by atoms with E-state index in [1.807, 2.05) is 6.07 Å². The van der Waals surface area contributed by atoms with Crippen LogP contribution in [0.1, 0.15) is 24.3 Å². The van der Waals surface area contributed by atoms with Crippen molar-refractivity contribution < 1.29 is 5.48 Å². The SMILES string of the molecule is Nc1nc2c(C3CCNCC3)cccc2[nH]1.O. The molecule has 0 spiro atoms. The molecule has 0 unspecified atom stereocenters. The van der Waals surface area contributed by atoms with Crippen LogP contribution in [0, 0.1) is 0 Å². The smallest absolute Gasteiger partial charge is 0.198 e. The molecule has 1 saturated heterocycles. The zero-order valence-electron chi connectivity index (χ0n) is 9.66. The van der Waals surface area contributed by atoms with Crippen LogP contribution in [0.3, 0.4) is 0 Å². The van der Waals surface area contributed by atoms with Crippen molar-refractivity contribution >= 4 is 17.0 Å². The molecule has 3 rings (SSSR count). The summed E-state index contributed by atoms with van der Waals surface area (Å²) in [4.78, 5) is 7.48. The van der Waals surface area contributed by atoms with Crippen LogP contribution >= 0.6 is 0 Å². The number of hydrogen-bond donors (Lipinski definition) is 3. The van der Waals surface area contributed by atoms with E-state index in [0.29, 0.717) is 11.9 Å². The maximum Gasteiger partial charge on any atom is 0.198 e. The third-order valence-corrected chi connectivity index (χ3v) is 3.34. The second-order valence-electron chi connectivity index (χ2n) is 4.39. The summed E-state index contributed by atoms with van der Waals surface area (Å²) < 4.78 is 0. The number of H-pyrrole nitrogens is 1. The Bertz CT molecular complexity index is 502. The normalized spacial score (nSPS) is 16.9. The van der Waals surface area contributed by atoms with E-state index in [1.54, 1.807) is 0 Å². The Morgan fingerprint density at radius 2 is 2.00 bits per heavy atom. The molecular formula is C12H18N4O. The highest BCUT2D eigenvalue weighted by Gasteiger charge is 2.18. The number of piperidine rings is 1. The summed E-state index contributed by atoms with van der Waals surface area (Å²) in [5.74, 6) is 1.13. The van der Waals surface area contributed by atoms with E-state index < -0.39 is 0 Å². The summed E-state index contributed by atoms with van der Waals surface area (Å²) in [5, 5.41) is 3.38. The molecule has 1 aromatic heterocycles. The van der Waals surface area contributed by atoms with Gasteiger partial charge < -0.3 is 21.5 Å². The predicted octanol–water partition coefficient (Wildman–Crippen LogP) is 0.787.